The number of hydrogen-bond donors (Lipinski definition) is 0. The van der Waals surface area contributed by atoms with Gasteiger partial charge in [0, 0.05) is 24.4 Å². The van der Waals surface area contributed by atoms with Crippen LogP contribution in [-0.2, 0) is 19.8 Å². The van der Waals surface area contributed by atoms with Gasteiger partial charge in [-0.25, -0.2) is 0 Å². The Morgan fingerprint density at radius 2 is 2.33 bits per heavy atom. The quantitative estimate of drug-likeness (QED) is 0.754. The zero-order chi connectivity index (χ0) is 15.1. The fourth-order valence-corrected chi connectivity index (χ4v) is 3.53. The molecule has 1 aliphatic heterocycles. The summed E-state index contributed by atoms with van der Waals surface area (Å²) in [7, 11) is 0. The van der Waals surface area contributed by atoms with Crippen LogP contribution in [0.25, 0.3) is 0 Å². The summed E-state index contributed by atoms with van der Waals surface area (Å²) in [5, 5.41) is 11.8. The molecule has 1 aliphatic rings. The Kier molecular flexibility index (Phi) is 5.74. The van der Waals surface area contributed by atoms with Gasteiger partial charge >= 0.3 is 5.97 Å². The highest BCUT2D eigenvalue weighted by molar-refractivity contribution is 7.10. The Balaban J connectivity index is 2.20. The van der Waals surface area contributed by atoms with Crippen LogP contribution in [0.3, 0.4) is 0 Å². The van der Waals surface area contributed by atoms with Gasteiger partial charge in [0.05, 0.1) is 25.9 Å². The molecule has 0 aromatic carbocycles. The van der Waals surface area contributed by atoms with Crippen LogP contribution in [0, 0.1) is 11.3 Å². The van der Waals surface area contributed by atoms with E-state index in [2.05, 4.69) is 11.0 Å². The number of rotatable bonds is 6. The summed E-state index contributed by atoms with van der Waals surface area (Å²) in [6.45, 7) is 4.80. The molecule has 1 fully saturated rings. The van der Waals surface area contributed by atoms with Gasteiger partial charge in [-0.3, -0.25) is 9.69 Å². The number of hydrogen-bond acceptors (Lipinski definition) is 6. The zero-order valence-electron chi connectivity index (χ0n) is 12.2. The third-order valence-electron chi connectivity index (χ3n) is 3.66. The van der Waals surface area contributed by atoms with Gasteiger partial charge in [-0.15, -0.1) is 11.3 Å². The second-order valence-corrected chi connectivity index (χ2v) is 5.80. The molecule has 0 N–H and O–H groups in total. The van der Waals surface area contributed by atoms with Crippen LogP contribution >= 0.6 is 11.3 Å². The Bertz CT molecular complexity index is 492. The largest absolute Gasteiger partial charge is 0.466 e. The second-order valence-electron chi connectivity index (χ2n) is 4.85. The molecule has 0 amide bonds. The molecule has 0 spiro atoms. The monoisotopic (exact) mass is 308 g/mol. The Hall–Kier alpha value is -1.42. The topological polar surface area (TPSA) is 62.6 Å². The molecule has 21 heavy (non-hydrogen) atoms. The fraction of sp³-hybridized carbons (Fsp3) is 0.600. The molecule has 0 aliphatic carbocycles. The minimum atomic E-state index is -0.759. The van der Waals surface area contributed by atoms with Crippen LogP contribution in [0.1, 0.15) is 24.6 Å². The van der Waals surface area contributed by atoms with Crippen LogP contribution in [0.5, 0.6) is 0 Å². The van der Waals surface area contributed by atoms with E-state index in [1.54, 1.807) is 18.3 Å². The summed E-state index contributed by atoms with van der Waals surface area (Å²) in [6, 6.07) is 6.37. The fourth-order valence-electron chi connectivity index (χ4n) is 2.59. The first-order chi connectivity index (χ1) is 10.2. The maximum absolute atomic E-state index is 11.7. The lowest BCUT2D eigenvalue weighted by Gasteiger charge is -2.40. The Morgan fingerprint density at radius 3 is 2.90 bits per heavy atom. The number of esters is 1. The third kappa shape index (κ3) is 3.62. The number of carbonyl (C=O) groups excluding carboxylic acids is 1. The summed E-state index contributed by atoms with van der Waals surface area (Å²) >= 11 is 1.56. The molecule has 1 aromatic heterocycles. The van der Waals surface area contributed by atoms with Crippen molar-refractivity contribution >= 4 is 17.3 Å². The Labute approximate surface area is 129 Å². The van der Waals surface area contributed by atoms with E-state index in [-0.39, 0.29) is 12.4 Å². The smallest absolute Gasteiger partial charge is 0.305 e. The van der Waals surface area contributed by atoms with Crippen LogP contribution in [0.2, 0.25) is 0 Å². The number of morpholine rings is 1. The number of nitrogens with zero attached hydrogens (tertiary/aromatic N) is 2. The maximum atomic E-state index is 11.7. The zero-order valence-corrected chi connectivity index (χ0v) is 13.0. The van der Waals surface area contributed by atoms with Gasteiger partial charge < -0.3 is 9.47 Å². The van der Waals surface area contributed by atoms with Crippen LogP contribution in [-0.4, -0.2) is 43.8 Å². The average molecular weight is 308 g/mol. The molecule has 6 heteroatoms. The molecule has 0 radical (unpaired) electrons. The predicted octanol–water partition coefficient (Wildman–Crippen LogP) is 2.14. The minimum absolute atomic E-state index is 0.247. The van der Waals surface area contributed by atoms with Crippen molar-refractivity contribution in [3.8, 4) is 6.07 Å². The summed E-state index contributed by atoms with van der Waals surface area (Å²) in [5.41, 5.74) is -0.759. The van der Waals surface area contributed by atoms with Gasteiger partial charge in [-0.05, 0) is 24.8 Å². The number of ether oxygens (including phenoxy) is 2. The van der Waals surface area contributed by atoms with Crippen LogP contribution in [0.4, 0.5) is 0 Å². The molecule has 1 saturated heterocycles. The van der Waals surface area contributed by atoms with E-state index < -0.39 is 5.54 Å². The first kappa shape index (κ1) is 16.0. The molecule has 0 bridgehead atoms. The van der Waals surface area contributed by atoms with E-state index in [4.69, 9.17) is 9.47 Å². The van der Waals surface area contributed by atoms with Gasteiger partial charge in [0.2, 0.25) is 0 Å². The number of thiophene rings is 1. The van der Waals surface area contributed by atoms with E-state index in [0.29, 0.717) is 39.3 Å². The van der Waals surface area contributed by atoms with Crippen molar-refractivity contribution in [1.82, 2.24) is 4.90 Å². The van der Waals surface area contributed by atoms with Crippen molar-refractivity contribution < 1.29 is 14.3 Å². The maximum Gasteiger partial charge on any atom is 0.305 e. The van der Waals surface area contributed by atoms with E-state index in [1.165, 1.54) is 0 Å². The Morgan fingerprint density at radius 1 is 1.57 bits per heavy atom. The van der Waals surface area contributed by atoms with Crippen molar-refractivity contribution in [2.75, 3.05) is 32.9 Å². The lowest BCUT2D eigenvalue weighted by molar-refractivity contribution is -0.144. The summed E-state index contributed by atoms with van der Waals surface area (Å²) in [5.74, 6) is -0.248. The van der Waals surface area contributed by atoms with Gasteiger partial charge in [-0.2, -0.15) is 5.26 Å². The van der Waals surface area contributed by atoms with Gasteiger partial charge in [-0.1, -0.05) is 6.07 Å². The molecule has 2 rings (SSSR count). The van der Waals surface area contributed by atoms with Gasteiger partial charge in [0.15, 0.2) is 0 Å². The molecular weight excluding hydrogens is 288 g/mol. The van der Waals surface area contributed by atoms with Crippen LogP contribution in [0.15, 0.2) is 17.5 Å². The summed E-state index contributed by atoms with van der Waals surface area (Å²) in [6.07, 6.45) is 0.694. The van der Waals surface area contributed by atoms with Crippen LogP contribution < -0.4 is 0 Å². The molecule has 0 saturated carbocycles. The highest BCUT2D eigenvalue weighted by Crippen LogP contribution is 2.36. The predicted molar refractivity (Wildman–Crippen MR) is 79.9 cm³/mol. The van der Waals surface area contributed by atoms with E-state index >= 15 is 0 Å². The number of carbonyl (C=O) groups is 1. The lowest BCUT2D eigenvalue weighted by atomic mass is 9.90. The first-order valence-electron chi connectivity index (χ1n) is 7.16. The van der Waals surface area contributed by atoms with Crippen molar-refractivity contribution in [2.24, 2.45) is 0 Å². The highest BCUT2D eigenvalue weighted by Gasteiger charge is 2.40. The van der Waals surface area contributed by atoms with Crippen molar-refractivity contribution in [3.05, 3.63) is 22.4 Å². The molecule has 1 unspecified atom stereocenters. The van der Waals surface area contributed by atoms with E-state index in [0.717, 1.165) is 4.88 Å². The number of nitriles is 1. The van der Waals surface area contributed by atoms with E-state index in [9.17, 15) is 10.1 Å². The average Bonchev–Trinajstić information content (AvgIpc) is 3.05. The van der Waals surface area contributed by atoms with Crippen molar-refractivity contribution in [1.29, 1.82) is 5.26 Å². The summed E-state index contributed by atoms with van der Waals surface area (Å²) < 4.78 is 10.4. The van der Waals surface area contributed by atoms with Crippen molar-refractivity contribution in [2.45, 2.75) is 25.3 Å². The minimum Gasteiger partial charge on any atom is -0.466 e. The molecule has 114 valence electrons. The lowest BCUT2D eigenvalue weighted by Crippen LogP contribution is -2.50. The molecule has 5 nitrogen and oxygen atoms in total. The SMILES string of the molecule is CCOC(=O)CCC(C#N)(c1cccs1)N1CCOCC1. The first-order valence-corrected chi connectivity index (χ1v) is 8.04. The molecular formula is C15H20N2O3S. The molecule has 1 aromatic rings. The molecule has 1 atom stereocenters. The molecule has 2 heterocycles. The summed E-state index contributed by atoms with van der Waals surface area (Å²) in [4.78, 5) is 14.8. The highest BCUT2D eigenvalue weighted by atomic mass is 32.1. The van der Waals surface area contributed by atoms with Gasteiger partial charge in [0.1, 0.15) is 5.54 Å². The van der Waals surface area contributed by atoms with Gasteiger partial charge in [0.25, 0.3) is 0 Å². The second kappa shape index (κ2) is 7.55. The van der Waals surface area contributed by atoms with Crippen molar-refractivity contribution in [3.63, 3.8) is 0 Å². The third-order valence-corrected chi connectivity index (χ3v) is 4.68. The normalized spacial score (nSPS) is 18.7. The standard InChI is InChI=1S/C15H20N2O3S/c1-2-20-14(18)5-6-15(12-16,13-4-3-11-21-13)17-7-9-19-10-8-17/h3-4,11H,2,5-10H2,1H3. The van der Waals surface area contributed by atoms with E-state index in [1.807, 2.05) is 17.5 Å².